The van der Waals surface area contributed by atoms with Crippen LogP contribution in [0.1, 0.15) is 50.6 Å². The maximum Gasteiger partial charge on any atom is 0.391 e. The summed E-state index contributed by atoms with van der Waals surface area (Å²) in [6.45, 7) is 1.41. The maximum absolute atomic E-state index is 12.8. The summed E-state index contributed by atoms with van der Waals surface area (Å²) in [4.78, 5) is 8.30. The zero-order valence-corrected chi connectivity index (χ0v) is 20.1. The Morgan fingerprint density at radius 3 is 2.49 bits per heavy atom. The molecule has 0 aromatic carbocycles. The Labute approximate surface area is 200 Å². The van der Waals surface area contributed by atoms with Crippen molar-refractivity contribution in [1.82, 2.24) is 24.3 Å². The molecule has 0 aliphatic heterocycles. The summed E-state index contributed by atoms with van der Waals surface area (Å²) in [5.41, 5.74) is 2.84. The first kappa shape index (κ1) is 25.3. The molecule has 3 aromatic heterocycles. The Balaban J connectivity index is 1.74. The molecule has 13 heteroatoms. The Morgan fingerprint density at radius 1 is 1.17 bits per heavy atom. The van der Waals surface area contributed by atoms with Gasteiger partial charge < -0.3 is 10.4 Å². The lowest BCUT2D eigenvalue weighted by Crippen LogP contribution is -2.25. The number of alkyl halides is 3. The van der Waals surface area contributed by atoms with Gasteiger partial charge in [0.15, 0.2) is 5.03 Å². The number of hydrogen-bond donors (Lipinski definition) is 3. The minimum atomic E-state index is -4.31. The molecule has 3 heterocycles. The zero-order chi connectivity index (χ0) is 25.4. The zero-order valence-electron chi connectivity index (χ0n) is 19.2. The van der Waals surface area contributed by atoms with E-state index < -0.39 is 28.7 Å². The van der Waals surface area contributed by atoms with Crippen molar-refractivity contribution in [3.05, 3.63) is 36.3 Å². The molecule has 1 aliphatic carbocycles. The lowest BCUT2D eigenvalue weighted by atomic mass is 9.85. The van der Waals surface area contributed by atoms with Gasteiger partial charge in [0.1, 0.15) is 0 Å². The van der Waals surface area contributed by atoms with Gasteiger partial charge >= 0.3 is 6.18 Å². The molecule has 190 valence electrons. The van der Waals surface area contributed by atoms with E-state index in [-0.39, 0.29) is 23.0 Å². The molecular formula is C22H27F3N6O3S. The number of aromatic nitrogens is 4. The van der Waals surface area contributed by atoms with Crippen molar-refractivity contribution in [3.8, 4) is 11.1 Å². The van der Waals surface area contributed by atoms with Crippen LogP contribution >= 0.6 is 0 Å². The van der Waals surface area contributed by atoms with Crippen molar-refractivity contribution in [2.24, 2.45) is 0 Å². The van der Waals surface area contributed by atoms with Crippen LogP contribution in [0.4, 0.5) is 19.1 Å². The number of aliphatic hydroxyl groups excluding tert-OH is 1. The molecule has 0 unspecified atom stereocenters. The highest BCUT2D eigenvalue weighted by Crippen LogP contribution is 2.37. The van der Waals surface area contributed by atoms with E-state index in [1.807, 2.05) is 6.07 Å². The van der Waals surface area contributed by atoms with E-state index in [9.17, 15) is 26.7 Å². The van der Waals surface area contributed by atoms with E-state index in [4.69, 9.17) is 0 Å². The van der Waals surface area contributed by atoms with Crippen molar-refractivity contribution in [2.75, 3.05) is 12.4 Å². The Kier molecular flexibility index (Phi) is 7.02. The van der Waals surface area contributed by atoms with E-state index in [0.29, 0.717) is 23.9 Å². The molecule has 1 atom stereocenters. The van der Waals surface area contributed by atoms with Crippen LogP contribution in [0, 0.1) is 0 Å². The fourth-order valence-corrected chi connectivity index (χ4v) is 5.04. The molecule has 0 saturated heterocycles. The van der Waals surface area contributed by atoms with Crippen molar-refractivity contribution in [2.45, 2.75) is 68.3 Å². The second-order valence-corrected chi connectivity index (χ2v) is 10.7. The molecule has 35 heavy (non-hydrogen) atoms. The molecule has 9 nitrogen and oxygen atoms in total. The van der Waals surface area contributed by atoms with Crippen LogP contribution in [0.25, 0.3) is 16.6 Å². The van der Waals surface area contributed by atoms with E-state index in [1.54, 1.807) is 10.6 Å². The number of rotatable bonds is 7. The SMILES string of the molecule is CNS(=O)(=O)c1ccc(-c2cc(C3CCC(O)CC3)n3nc(N[C@@H](C)CC(F)(F)F)ncc23)cn1. The Morgan fingerprint density at radius 2 is 1.89 bits per heavy atom. The first-order chi connectivity index (χ1) is 16.5. The number of fused-ring (bicyclic) bond motifs is 1. The summed E-state index contributed by atoms with van der Waals surface area (Å²) in [6.07, 6.45) is 0.0584. The summed E-state index contributed by atoms with van der Waals surface area (Å²) < 4.78 is 66.2. The van der Waals surface area contributed by atoms with Gasteiger partial charge in [-0.05, 0) is 57.9 Å². The number of halogens is 3. The van der Waals surface area contributed by atoms with E-state index in [0.717, 1.165) is 24.1 Å². The minimum absolute atomic E-state index is 0.0714. The first-order valence-corrected chi connectivity index (χ1v) is 12.7. The van der Waals surface area contributed by atoms with Crippen molar-refractivity contribution < 1.29 is 26.7 Å². The molecule has 0 spiro atoms. The standard InChI is InChI=1S/C22H27F3N6O3S/c1-13(10-22(23,24)25)29-21-28-12-19-17(15-5-8-20(27-11-15)35(33,34)26-2)9-18(31(19)30-21)14-3-6-16(32)7-4-14/h5,8-9,11-14,16,26,32H,3-4,6-7,10H2,1-2H3,(H,29,30)/t13-,14?,16?/m0/s1. The van der Waals surface area contributed by atoms with Gasteiger partial charge in [0.25, 0.3) is 10.0 Å². The Hall–Kier alpha value is -2.77. The van der Waals surface area contributed by atoms with E-state index >= 15 is 0 Å². The number of nitrogens with zero attached hydrogens (tertiary/aromatic N) is 4. The number of anilines is 1. The van der Waals surface area contributed by atoms with Gasteiger partial charge in [0.2, 0.25) is 5.95 Å². The number of hydrogen-bond acceptors (Lipinski definition) is 7. The van der Waals surface area contributed by atoms with Gasteiger partial charge in [-0.1, -0.05) is 0 Å². The topological polar surface area (TPSA) is 122 Å². The van der Waals surface area contributed by atoms with Gasteiger partial charge in [0.05, 0.1) is 24.2 Å². The average molecular weight is 513 g/mol. The number of pyridine rings is 1. The third kappa shape index (κ3) is 5.73. The molecule has 3 aromatic rings. The quantitative estimate of drug-likeness (QED) is 0.443. The van der Waals surface area contributed by atoms with Crippen LogP contribution in [0.2, 0.25) is 0 Å². The molecule has 1 fully saturated rings. The lowest BCUT2D eigenvalue weighted by Gasteiger charge is -2.25. The average Bonchev–Trinajstić information content (AvgIpc) is 3.17. The predicted molar refractivity (Wildman–Crippen MR) is 123 cm³/mol. The summed E-state index contributed by atoms with van der Waals surface area (Å²) in [6, 6.07) is 4.05. The summed E-state index contributed by atoms with van der Waals surface area (Å²) in [5, 5.41) is 17.0. The summed E-state index contributed by atoms with van der Waals surface area (Å²) >= 11 is 0. The minimum Gasteiger partial charge on any atom is -0.393 e. The number of sulfonamides is 1. The monoisotopic (exact) mass is 512 g/mol. The van der Waals surface area contributed by atoms with Gasteiger partial charge in [-0.2, -0.15) is 13.2 Å². The van der Waals surface area contributed by atoms with Crippen LogP contribution in [-0.2, 0) is 10.0 Å². The highest BCUT2D eigenvalue weighted by atomic mass is 32.2. The molecule has 4 rings (SSSR count). The first-order valence-electron chi connectivity index (χ1n) is 11.3. The van der Waals surface area contributed by atoms with Gasteiger partial charge in [0, 0.05) is 35.0 Å². The smallest absolute Gasteiger partial charge is 0.391 e. The van der Waals surface area contributed by atoms with Crippen LogP contribution in [0.15, 0.2) is 35.6 Å². The molecule has 1 saturated carbocycles. The highest BCUT2D eigenvalue weighted by Gasteiger charge is 2.31. The molecule has 0 radical (unpaired) electrons. The van der Waals surface area contributed by atoms with Crippen molar-refractivity contribution in [3.63, 3.8) is 0 Å². The third-order valence-corrected chi connectivity index (χ3v) is 7.49. The van der Waals surface area contributed by atoms with Crippen LogP contribution in [0.5, 0.6) is 0 Å². The van der Waals surface area contributed by atoms with Gasteiger partial charge in [-0.25, -0.2) is 27.6 Å². The van der Waals surface area contributed by atoms with Crippen molar-refractivity contribution in [1.29, 1.82) is 0 Å². The molecular weight excluding hydrogens is 485 g/mol. The maximum atomic E-state index is 12.8. The van der Waals surface area contributed by atoms with Gasteiger partial charge in [-0.3, -0.25) is 0 Å². The fraction of sp³-hybridized carbons (Fsp3) is 0.500. The van der Waals surface area contributed by atoms with Crippen LogP contribution < -0.4 is 10.0 Å². The highest BCUT2D eigenvalue weighted by molar-refractivity contribution is 7.89. The summed E-state index contributed by atoms with van der Waals surface area (Å²) in [7, 11) is -2.39. The largest absolute Gasteiger partial charge is 0.393 e. The number of aliphatic hydroxyl groups is 1. The lowest BCUT2D eigenvalue weighted by molar-refractivity contribution is -0.136. The fourth-order valence-electron chi connectivity index (χ4n) is 4.40. The van der Waals surface area contributed by atoms with E-state index in [1.165, 1.54) is 32.4 Å². The summed E-state index contributed by atoms with van der Waals surface area (Å²) in [5.74, 6) is 0.161. The normalized spacial score (nSPS) is 20.2. The Bertz CT molecular complexity index is 1290. The molecule has 3 N–H and O–H groups in total. The molecule has 1 aliphatic rings. The molecule has 0 amide bonds. The second kappa shape index (κ2) is 9.70. The second-order valence-electron chi connectivity index (χ2n) is 8.82. The van der Waals surface area contributed by atoms with Crippen LogP contribution in [0.3, 0.4) is 0 Å². The third-order valence-electron chi connectivity index (χ3n) is 6.16. The number of nitrogens with one attached hydrogen (secondary N) is 2. The van der Waals surface area contributed by atoms with Gasteiger partial charge in [-0.15, -0.1) is 5.10 Å². The van der Waals surface area contributed by atoms with E-state index in [2.05, 4.69) is 25.1 Å². The van der Waals surface area contributed by atoms with Crippen molar-refractivity contribution >= 4 is 21.5 Å². The molecule has 0 bridgehead atoms. The van der Waals surface area contributed by atoms with Crippen LogP contribution in [-0.4, -0.2) is 58.5 Å². The predicted octanol–water partition coefficient (Wildman–Crippen LogP) is 3.47.